The van der Waals surface area contributed by atoms with E-state index in [0.29, 0.717) is 18.8 Å². The van der Waals surface area contributed by atoms with Crippen molar-refractivity contribution in [1.29, 1.82) is 0 Å². The van der Waals surface area contributed by atoms with Crippen molar-refractivity contribution in [2.75, 3.05) is 13.3 Å². The number of carbonyl (C=O) groups excluding carboxylic acids is 2. The number of benzene rings is 1. The van der Waals surface area contributed by atoms with Crippen molar-refractivity contribution in [2.24, 2.45) is 0 Å². The minimum Gasteiger partial charge on any atom is -0.454 e. The maximum Gasteiger partial charge on any atom is 0.321 e. The van der Waals surface area contributed by atoms with Crippen LogP contribution in [0.2, 0.25) is 0 Å². The van der Waals surface area contributed by atoms with E-state index in [1.54, 1.807) is 13.8 Å². The van der Waals surface area contributed by atoms with Crippen molar-refractivity contribution in [3.8, 4) is 11.5 Å². The summed E-state index contributed by atoms with van der Waals surface area (Å²) in [6.07, 6.45) is 0. The third-order valence-corrected chi connectivity index (χ3v) is 3.02. The molecule has 7 heteroatoms. The van der Waals surface area contributed by atoms with Crippen LogP contribution >= 0.6 is 0 Å². The van der Waals surface area contributed by atoms with Crippen molar-refractivity contribution in [2.45, 2.75) is 26.4 Å². The highest BCUT2D eigenvalue weighted by Gasteiger charge is 2.16. The van der Waals surface area contributed by atoms with Crippen LogP contribution in [0.5, 0.6) is 11.5 Å². The minimum atomic E-state index is -0.488. The third-order valence-electron chi connectivity index (χ3n) is 3.02. The van der Waals surface area contributed by atoms with Gasteiger partial charge in [-0.25, -0.2) is 4.79 Å². The van der Waals surface area contributed by atoms with E-state index in [9.17, 15) is 9.59 Å². The summed E-state index contributed by atoms with van der Waals surface area (Å²) in [5, 5.41) is 7.82. The molecule has 1 atom stereocenters. The Balaban J connectivity index is 1.82. The Labute approximate surface area is 123 Å². The van der Waals surface area contributed by atoms with Gasteiger partial charge in [-0.3, -0.25) is 10.1 Å². The Morgan fingerprint density at radius 1 is 1.29 bits per heavy atom. The number of urea groups is 1. The molecule has 0 aromatic heterocycles. The minimum absolute atomic E-state index is 0.234. The number of hydrogen-bond donors (Lipinski definition) is 3. The second kappa shape index (κ2) is 6.94. The van der Waals surface area contributed by atoms with E-state index in [-0.39, 0.29) is 12.7 Å². The molecule has 1 heterocycles. The first kappa shape index (κ1) is 15.1. The maximum absolute atomic E-state index is 11.8. The molecule has 0 fully saturated rings. The second-order valence-electron chi connectivity index (χ2n) is 4.64. The molecule has 7 nitrogen and oxygen atoms in total. The van der Waals surface area contributed by atoms with Gasteiger partial charge in [-0.05, 0) is 31.5 Å². The molecular weight excluding hydrogens is 274 g/mol. The fraction of sp³-hybridized carbons (Fsp3) is 0.429. The molecule has 1 aromatic carbocycles. The summed E-state index contributed by atoms with van der Waals surface area (Å²) in [6.45, 7) is 4.67. The van der Waals surface area contributed by atoms with Crippen molar-refractivity contribution in [3.05, 3.63) is 23.8 Å². The van der Waals surface area contributed by atoms with Gasteiger partial charge in [-0.2, -0.15) is 0 Å². The molecule has 3 amide bonds. The van der Waals surface area contributed by atoms with Crippen molar-refractivity contribution in [1.82, 2.24) is 16.0 Å². The highest BCUT2D eigenvalue weighted by molar-refractivity contribution is 5.96. The fourth-order valence-corrected chi connectivity index (χ4v) is 1.84. The van der Waals surface area contributed by atoms with E-state index in [1.807, 2.05) is 18.2 Å². The van der Waals surface area contributed by atoms with E-state index in [1.165, 1.54) is 0 Å². The zero-order valence-electron chi connectivity index (χ0n) is 12.1. The predicted molar refractivity (Wildman–Crippen MR) is 76.1 cm³/mol. The van der Waals surface area contributed by atoms with Gasteiger partial charge in [0, 0.05) is 13.1 Å². The van der Waals surface area contributed by atoms with Gasteiger partial charge in [0.25, 0.3) is 0 Å². The number of carbonyl (C=O) groups is 2. The zero-order chi connectivity index (χ0) is 15.2. The van der Waals surface area contributed by atoms with Crippen LogP contribution in [0.1, 0.15) is 19.4 Å². The van der Waals surface area contributed by atoms with Crippen molar-refractivity contribution >= 4 is 11.9 Å². The van der Waals surface area contributed by atoms with Crippen LogP contribution in [0.3, 0.4) is 0 Å². The van der Waals surface area contributed by atoms with Crippen LogP contribution in [-0.4, -0.2) is 31.3 Å². The van der Waals surface area contributed by atoms with Crippen molar-refractivity contribution in [3.63, 3.8) is 0 Å². The Kier molecular flexibility index (Phi) is 4.99. The van der Waals surface area contributed by atoms with E-state index < -0.39 is 12.1 Å². The lowest BCUT2D eigenvalue weighted by Crippen LogP contribution is -2.47. The monoisotopic (exact) mass is 293 g/mol. The molecule has 114 valence electrons. The molecule has 0 saturated carbocycles. The number of nitrogens with one attached hydrogen (secondary N) is 3. The van der Waals surface area contributed by atoms with E-state index >= 15 is 0 Å². The number of fused-ring (bicyclic) bond motifs is 1. The smallest absolute Gasteiger partial charge is 0.321 e. The average Bonchev–Trinajstić information content (AvgIpc) is 2.92. The molecule has 0 bridgehead atoms. The molecule has 0 spiro atoms. The summed E-state index contributed by atoms with van der Waals surface area (Å²) < 4.78 is 10.5. The Hall–Kier alpha value is -2.28. The fourth-order valence-electron chi connectivity index (χ4n) is 1.84. The zero-order valence-corrected chi connectivity index (χ0v) is 12.1. The van der Waals surface area contributed by atoms with Crippen molar-refractivity contribution < 1.29 is 19.1 Å². The molecule has 1 aliphatic rings. The second-order valence-corrected chi connectivity index (χ2v) is 4.64. The summed E-state index contributed by atoms with van der Waals surface area (Å²) >= 11 is 0. The van der Waals surface area contributed by atoms with Crippen LogP contribution in [0.15, 0.2) is 18.2 Å². The van der Waals surface area contributed by atoms with Crippen LogP contribution in [0.4, 0.5) is 4.79 Å². The number of amides is 3. The summed E-state index contributed by atoms with van der Waals surface area (Å²) in [7, 11) is 0. The first-order chi connectivity index (χ1) is 10.1. The summed E-state index contributed by atoms with van der Waals surface area (Å²) in [6, 6.07) is 4.62. The Bertz CT molecular complexity index is 533. The molecule has 0 radical (unpaired) electrons. The molecule has 0 saturated heterocycles. The molecule has 1 aliphatic heterocycles. The standard InChI is InChI=1S/C14H19N3O4/c1-3-15-14(19)17-13(18)9(2)16-7-10-4-5-11-12(6-10)21-8-20-11/h4-6,9,16H,3,7-8H2,1-2H3,(H2,15,17,18,19). The lowest BCUT2D eigenvalue weighted by molar-refractivity contribution is -0.121. The van der Waals surface area contributed by atoms with Gasteiger partial charge in [0.05, 0.1) is 6.04 Å². The third kappa shape index (κ3) is 4.09. The molecule has 1 aromatic rings. The van der Waals surface area contributed by atoms with Gasteiger partial charge in [0.1, 0.15) is 0 Å². The van der Waals surface area contributed by atoms with Gasteiger partial charge in [-0.15, -0.1) is 0 Å². The van der Waals surface area contributed by atoms with Gasteiger partial charge in [0.2, 0.25) is 12.7 Å². The number of imide groups is 1. The van der Waals surface area contributed by atoms with E-state index in [0.717, 1.165) is 11.3 Å². The van der Waals surface area contributed by atoms with Gasteiger partial charge < -0.3 is 20.1 Å². The Morgan fingerprint density at radius 3 is 2.81 bits per heavy atom. The highest BCUT2D eigenvalue weighted by atomic mass is 16.7. The van der Waals surface area contributed by atoms with E-state index in [2.05, 4.69) is 16.0 Å². The molecule has 3 N–H and O–H groups in total. The molecule has 2 rings (SSSR count). The van der Waals surface area contributed by atoms with Gasteiger partial charge in [-0.1, -0.05) is 6.07 Å². The quantitative estimate of drug-likeness (QED) is 0.745. The molecule has 21 heavy (non-hydrogen) atoms. The number of ether oxygens (including phenoxy) is 2. The predicted octanol–water partition coefficient (Wildman–Crippen LogP) is 0.739. The lowest BCUT2D eigenvalue weighted by Gasteiger charge is -2.13. The Morgan fingerprint density at radius 2 is 2.05 bits per heavy atom. The molecule has 1 unspecified atom stereocenters. The normalized spacial score (nSPS) is 13.6. The first-order valence-electron chi connectivity index (χ1n) is 6.80. The van der Waals surface area contributed by atoms with Gasteiger partial charge in [0.15, 0.2) is 11.5 Å². The molecule has 0 aliphatic carbocycles. The largest absolute Gasteiger partial charge is 0.454 e. The average molecular weight is 293 g/mol. The van der Waals surface area contributed by atoms with Gasteiger partial charge >= 0.3 is 6.03 Å². The van der Waals surface area contributed by atoms with Crippen LogP contribution < -0.4 is 25.4 Å². The number of hydrogen-bond acceptors (Lipinski definition) is 5. The molecular formula is C14H19N3O4. The van der Waals surface area contributed by atoms with Crippen LogP contribution in [0.25, 0.3) is 0 Å². The first-order valence-corrected chi connectivity index (χ1v) is 6.80. The summed E-state index contributed by atoms with van der Waals surface area (Å²) in [5.41, 5.74) is 0.969. The van der Waals surface area contributed by atoms with E-state index in [4.69, 9.17) is 9.47 Å². The topological polar surface area (TPSA) is 88.7 Å². The highest BCUT2D eigenvalue weighted by Crippen LogP contribution is 2.32. The van der Waals surface area contributed by atoms with Crippen LogP contribution in [0, 0.1) is 0 Å². The summed E-state index contributed by atoms with van der Waals surface area (Å²) in [4.78, 5) is 23.0. The van der Waals surface area contributed by atoms with Crippen LogP contribution in [-0.2, 0) is 11.3 Å². The SMILES string of the molecule is CCNC(=O)NC(=O)C(C)NCc1ccc2c(c1)OCO2. The maximum atomic E-state index is 11.8. The lowest BCUT2D eigenvalue weighted by atomic mass is 10.2. The number of rotatable bonds is 5. The summed E-state index contributed by atoms with van der Waals surface area (Å²) in [5.74, 6) is 1.05.